The van der Waals surface area contributed by atoms with Crippen molar-refractivity contribution < 1.29 is 13.2 Å². The number of hydrogen-bond acceptors (Lipinski definition) is 3. The Hall–Kier alpha value is -2.34. The van der Waals surface area contributed by atoms with E-state index in [1.165, 1.54) is 5.56 Å². The van der Waals surface area contributed by atoms with Crippen molar-refractivity contribution in [1.29, 1.82) is 0 Å². The molecule has 2 aliphatic heterocycles. The first-order valence-corrected chi connectivity index (χ1v) is 11.4. The number of anilines is 1. The van der Waals surface area contributed by atoms with Crippen LogP contribution in [0.2, 0.25) is 0 Å². The van der Waals surface area contributed by atoms with Gasteiger partial charge in [-0.05, 0) is 74.9 Å². The highest BCUT2D eigenvalue weighted by molar-refractivity contribution is 7.92. The Morgan fingerprint density at radius 3 is 2.21 bits per heavy atom. The van der Waals surface area contributed by atoms with E-state index in [0.717, 1.165) is 24.1 Å². The van der Waals surface area contributed by atoms with Crippen molar-refractivity contribution in [2.24, 2.45) is 0 Å². The molecule has 2 saturated heterocycles. The van der Waals surface area contributed by atoms with Gasteiger partial charge in [-0.15, -0.1) is 0 Å². The monoisotopic (exact) mass is 398 g/mol. The average molecular weight is 399 g/mol. The maximum absolute atomic E-state index is 13.0. The number of benzene rings is 2. The molecule has 0 aromatic heterocycles. The third-order valence-corrected chi connectivity index (χ3v) is 8.38. The van der Waals surface area contributed by atoms with Crippen LogP contribution in [-0.2, 0) is 9.84 Å². The van der Waals surface area contributed by atoms with E-state index >= 15 is 0 Å². The van der Waals surface area contributed by atoms with Gasteiger partial charge in [0.1, 0.15) is 0 Å². The zero-order valence-electron chi connectivity index (χ0n) is 16.3. The summed E-state index contributed by atoms with van der Waals surface area (Å²) >= 11 is 0. The van der Waals surface area contributed by atoms with Gasteiger partial charge in [0.2, 0.25) is 0 Å². The minimum Gasteiger partial charge on any atom is -0.318 e. The quantitative estimate of drug-likeness (QED) is 0.838. The van der Waals surface area contributed by atoms with Crippen LogP contribution in [0.3, 0.4) is 0 Å². The second kappa shape index (κ2) is 7.24. The van der Waals surface area contributed by atoms with Gasteiger partial charge in [-0.2, -0.15) is 0 Å². The molecule has 2 aromatic rings. The van der Waals surface area contributed by atoms with E-state index in [1.54, 1.807) is 24.3 Å². The van der Waals surface area contributed by atoms with Crippen molar-refractivity contribution in [2.75, 3.05) is 5.32 Å². The van der Waals surface area contributed by atoms with Crippen molar-refractivity contribution in [3.8, 4) is 0 Å². The minimum absolute atomic E-state index is 0.0196. The van der Waals surface area contributed by atoms with E-state index in [2.05, 4.69) is 5.32 Å². The number of carbonyl (C=O) groups excluding carboxylic acids is 1. The number of amides is 2. The van der Waals surface area contributed by atoms with Gasteiger partial charge in [0, 0.05) is 17.8 Å². The summed E-state index contributed by atoms with van der Waals surface area (Å²) in [5.74, 6) is 0. The topological polar surface area (TPSA) is 66.5 Å². The Morgan fingerprint density at radius 1 is 0.964 bits per heavy atom. The summed E-state index contributed by atoms with van der Waals surface area (Å²) in [6.07, 6.45) is 2.75. The van der Waals surface area contributed by atoms with Crippen LogP contribution in [0.25, 0.3) is 0 Å². The van der Waals surface area contributed by atoms with Crippen molar-refractivity contribution >= 4 is 21.6 Å². The highest BCUT2D eigenvalue weighted by atomic mass is 32.2. The fourth-order valence-corrected chi connectivity index (χ4v) is 6.39. The van der Waals surface area contributed by atoms with Crippen LogP contribution in [0.1, 0.15) is 36.8 Å². The van der Waals surface area contributed by atoms with Gasteiger partial charge in [-0.1, -0.05) is 24.3 Å². The van der Waals surface area contributed by atoms with E-state index in [0.29, 0.717) is 17.7 Å². The van der Waals surface area contributed by atoms with Crippen LogP contribution in [0.15, 0.2) is 53.4 Å². The van der Waals surface area contributed by atoms with E-state index in [-0.39, 0.29) is 18.1 Å². The van der Waals surface area contributed by atoms with Gasteiger partial charge >= 0.3 is 6.03 Å². The number of rotatable bonds is 3. The first-order chi connectivity index (χ1) is 13.4. The number of urea groups is 1. The molecule has 4 rings (SSSR count). The van der Waals surface area contributed by atoms with Gasteiger partial charge < -0.3 is 10.2 Å². The Morgan fingerprint density at radius 2 is 1.61 bits per heavy atom. The third-order valence-electron chi connectivity index (χ3n) is 6.19. The first kappa shape index (κ1) is 19.0. The summed E-state index contributed by atoms with van der Waals surface area (Å²) in [7, 11) is -3.36. The number of aryl methyl sites for hydroxylation is 2. The molecular formula is C22H26N2O3S. The molecule has 2 heterocycles. The summed E-state index contributed by atoms with van der Waals surface area (Å²) in [5.41, 5.74) is 3.10. The molecule has 148 valence electrons. The number of sulfone groups is 1. The molecule has 2 bridgehead atoms. The summed E-state index contributed by atoms with van der Waals surface area (Å²) in [6.45, 7) is 4.06. The molecule has 1 N–H and O–H groups in total. The molecule has 28 heavy (non-hydrogen) atoms. The molecule has 2 aromatic carbocycles. The predicted molar refractivity (Wildman–Crippen MR) is 110 cm³/mol. The van der Waals surface area contributed by atoms with Crippen LogP contribution in [0.4, 0.5) is 10.5 Å². The summed E-state index contributed by atoms with van der Waals surface area (Å²) in [4.78, 5) is 15.2. The van der Waals surface area contributed by atoms with Gasteiger partial charge in [0.05, 0.1) is 10.1 Å². The molecule has 6 heteroatoms. The van der Waals surface area contributed by atoms with E-state index in [9.17, 15) is 13.2 Å². The Balaban J connectivity index is 1.49. The van der Waals surface area contributed by atoms with Crippen LogP contribution >= 0.6 is 0 Å². The lowest BCUT2D eigenvalue weighted by Gasteiger charge is -2.38. The number of nitrogens with zero attached hydrogens (tertiary/aromatic N) is 1. The number of hydrogen-bond donors (Lipinski definition) is 1. The van der Waals surface area contributed by atoms with Gasteiger partial charge in [-0.25, -0.2) is 13.2 Å². The lowest BCUT2D eigenvalue weighted by Crippen LogP contribution is -2.51. The molecule has 0 aliphatic carbocycles. The zero-order chi connectivity index (χ0) is 19.9. The summed E-state index contributed by atoms with van der Waals surface area (Å²) in [5, 5.41) is 2.58. The largest absolute Gasteiger partial charge is 0.322 e. The van der Waals surface area contributed by atoms with E-state index < -0.39 is 15.1 Å². The van der Waals surface area contributed by atoms with Crippen LogP contribution in [0.5, 0.6) is 0 Å². The molecular weight excluding hydrogens is 372 g/mol. The summed E-state index contributed by atoms with van der Waals surface area (Å²) < 4.78 is 26.0. The third kappa shape index (κ3) is 3.41. The molecule has 0 radical (unpaired) electrons. The SMILES string of the molecule is Cc1ccc(NC(=O)N2C3CCC2CC(S(=O)(=O)c2ccccc2)C3)cc1C. The lowest BCUT2D eigenvalue weighted by molar-refractivity contribution is 0.160. The minimum atomic E-state index is -3.36. The van der Waals surface area contributed by atoms with Crippen molar-refractivity contribution in [3.05, 3.63) is 59.7 Å². The van der Waals surface area contributed by atoms with Crippen LogP contribution in [-0.4, -0.2) is 36.7 Å². The molecule has 2 fully saturated rings. The highest BCUT2D eigenvalue weighted by Crippen LogP contribution is 2.40. The Kier molecular flexibility index (Phi) is 4.91. The van der Waals surface area contributed by atoms with E-state index in [4.69, 9.17) is 0 Å². The molecule has 2 unspecified atom stereocenters. The Labute approximate surface area is 166 Å². The lowest BCUT2D eigenvalue weighted by atomic mass is 10.0. The fraction of sp³-hybridized carbons (Fsp3) is 0.409. The molecule has 2 atom stereocenters. The molecule has 0 spiro atoms. The second-order valence-corrected chi connectivity index (χ2v) is 10.2. The standard InChI is InChI=1S/C22H26N2O3S/c1-15-8-9-17(12-16(15)2)23-22(25)24-18-10-11-19(24)14-21(13-18)28(26,27)20-6-4-3-5-7-20/h3-9,12,18-19,21H,10-11,13-14H2,1-2H3,(H,23,25). The molecule has 2 aliphatic rings. The number of piperidine rings is 1. The molecule has 5 nitrogen and oxygen atoms in total. The summed E-state index contributed by atoms with van der Waals surface area (Å²) in [6, 6.07) is 14.4. The smallest absolute Gasteiger partial charge is 0.318 e. The van der Waals surface area contributed by atoms with Crippen molar-refractivity contribution in [3.63, 3.8) is 0 Å². The first-order valence-electron chi connectivity index (χ1n) is 9.82. The van der Waals surface area contributed by atoms with Gasteiger partial charge in [0.25, 0.3) is 0 Å². The average Bonchev–Trinajstić information content (AvgIpc) is 2.95. The maximum atomic E-state index is 13.0. The van der Waals surface area contributed by atoms with Crippen molar-refractivity contribution in [1.82, 2.24) is 4.90 Å². The second-order valence-electron chi connectivity index (χ2n) is 7.97. The zero-order valence-corrected chi connectivity index (χ0v) is 17.1. The van der Waals surface area contributed by atoms with Gasteiger partial charge in [-0.3, -0.25) is 0 Å². The number of nitrogens with one attached hydrogen (secondary N) is 1. The van der Waals surface area contributed by atoms with Gasteiger partial charge in [0.15, 0.2) is 9.84 Å². The maximum Gasteiger partial charge on any atom is 0.322 e. The fourth-order valence-electron chi connectivity index (χ4n) is 4.52. The van der Waals surface area contributed by atoms with Crippen LogP contribution in [0, 0.1) is 13.8 Å². The van der Waals surface area contributed by atoms with E-state index in [1.807, 2.05) is 43.0 Å². The molecule has 2 amide bonds. The number of carbonyl (C=O) groups is 1. The van der Waals surface area contributed by atoms with Crippen molar-refractivity contribution in [2.45, 2.75) is 61.8 Å². The normalized spacial score (nSPS) is 24.2. The molecule has 0 saturated carbocycles. The predicted octanol–water partition coefficient (Wildman–Crippen LogP) is 4.30. The highest BCUT2D eigenvalue weighted by Gasteiger charge is 2.47. The van der Waals surface area contributed by atoms with Crippen LogP contribution < -0.4 is 5.32 Å². The Bertz CT molecular complexity index is 974. The number of fused-ring (bicyclic) bond motifs is 2.